The third kappa shape index (κ3) is 5.38. The number of hydrogen-bond acceptors (Lipinski definition) is 7. The number of nitrogen functional groups attached to an aromatic ring is 1. The molecular formula is C24H20ClN5O2S. The lowest BCUT2D eigenvalue weighted by Crippen LogP contribution is -2.33. The van der Waals surface area contributed by atoms with E-state index in [-0.39, 0.29) is 45.2 Å². The summed E-state index contributed by atoms with van der Waals surface area (Å²) in [5.41, 5.74) is 7.79. The highest BCUT2D eigenvalue weighted by atomic mass is 35.5. The minimum atomic E-state index is -0.608. The van der Waals surface area contributed by atoms with Crippen molar-refractivity contribution in [2.75, 3.05) is 5.73 Å². The third-order valence-electron chi connectivity index (χ3n) is 4.94. The molecule has 3 rings (SSSR count). The Hall–Kier alpha value is -3.72. The molecule has 2 aromatic carbocycles. The Morgan fingerprint density at radius 2 is 1.82 bits per heavy atom. The van der Waals surface area contributed by atoms with Gasteiger partial charge in [0, 0.05) is 10.6 Å². The summed E-state index contributed by atoms with van der Waals surface area (Å²) < 4.78 is 0. The maximum atomic E-state index is 12.8. The number of amides is 1. The van der Waals surface area contributed by atoms with E-state index in [0.29, 0.717) is 10.6 Å². The highest BCUT2D eigenvalue weighted by Crippen LogP contribution is 2.37. The second-order valence-corrected chi connectivity index (χ2v) is 9.01. The van der Waals surface area contributed by atoms with Gasteiger partial charge in [-0.2, -0.15) is 10.5 Å². The summed E-state index contributed by atoms with van der Waals surface area (Å²) in [7, 11) is 0. The quantitative estimate of drug-likeness (QED) is 0.434. The normalized spacial score (nSPS) is 12.3. The average Bonchev–Trinajstić information content (AvgIpc) is 2.79. The summed E-state index contributed by atoms with van der Waals surface area (Å²) in [5, 5.41) is 32.5. The first kappa shape index (κ1) is 23.9. The number of carbonyl (C=O) groups excluding carboxylic acids is 1. The van der Waals surface area contributed by atoms with Gasteiger partial charge in [0.2, 0.25) is 5.91 Å². The topological polar surface area (TPSA) is 136 Å². The van der Waals surface area contributed by atoms with Gasteiger partial charge in [0.25, 0.3) is 0 Å². The van der Waals surface area contributed by atoms with E-state index in [2.05, 4.69) is 16.4 Å². The van der Waals surface area contributed by atoms with Crippen LogP contribution >= 0.6 is 23.4 Å². The van der Waals surface area contributed by atoms with Crippen molar-refractivity contribution in [2.24, 2.45) is 0 Å². The van der Waals surface area contributed by atoms with Gasteiger partial charge >= 0.3 is 0 Å². The number of hydrogen-bond donors (Lipinski definition) is 3. The Balaban J connectivity index is 1.91. The van der Waals surface area contributed by atoms with Crippen molar-refractivity contribution >= 4 is 35.1 Å². The molecule has 7 nitrogen and oxygen atoms in total. The molecule has 0 radical (unpaired) electrons. The number of nitrogens with two attached hydrogens (primary N) is 1. The van der Waals surface area contributed by atoms with E-state index in [0.717, 1.165) is 17.3 Å². The SMILES string of the molecule is CC(Sc1nc(N)c(C#N)c(-c2cccc(O)c2)c1C#N)C(=O)NC(C)c1ccc(Cl)cc1. The lowest BCUT2D eigenvalue weighted by molar-refractivity contribution is -0.120. The average molecular weight is 478 g/mol. The second kappa shape index (κ2) is 10.3. The number of thioether (sulfide) groups is 1. The van der Waals surface area contributed by atoms with Crippen LogP contribution in [0.15, 0.2) is 53.6 Å². The molecule has 33 heavy (non-hydrogen) atoms. The molecule has 0 fully saturated rings. The largest absolute Gasteiger partial charge is 0.508 e. The summed E-state index contributed by atoms with van der Waals surface area (Å²) in [4.78, 5) is 17.1. The molecule has 0 aliphatic rings. The third-order valence-corrected chi connectivity index (χ3v) is 6.28. The summed E-state index contributed by atoms with van der Waals surface area (Å²) in [6.45, 7) is 3.55. The predicted molar refractivity (Wildman–Crippen MR) is 129 cm³/mol. The van der Waals surface area contributed by atoms with Crippen LogP contribution in [0, 0.1) is 22.7 Å². The van der Waals surface area contributed by atoms with Gasteiger partial charge in [0.05, 0.1) is 16.9 Å². The molecule has 0 aliphatic heterocycles. The number of rotatable bonds is 6. The van der Waals surface area contributed by atoms with E-state index in [9.17, 15) is 20.4 Å². The van der Waals surface area contributed by atoms with Crippen LogP contribution in [-0.4, -0.2) is 21.2 Å². The summed E-state index contributed by atoms with van der Waals surface area (Å²) in [6.07, 6.45) is 0. The molecule has 2 unspecified atom stereocenters. The van der Waals surface area contributed by atoms with Crippen LogP contribution in [0.25, 0.3) is 11.1 Å². The van der Waals surface area contributed by atoms with Crippen molar-refractivity contribution in [1.82, 2.24) is 10.3 Å². The smallest absolute Gasteiger partial charge is 0.233 e. The molecule has 3 aromatic rings. The number of aromatic hydroxyl groups is 1. The van der Waals surface area contributed by atoms with Crippen molar-refractivity contribution < 1.29 is 9.90 Å². The first-order valence-electron chi connectivity index (χ1n) is 9.90. The maximum Gasteiger partial charge on any atom is 0.233 e. The van der Waals surface area contributed by atoms with Crippen LogP contribution in [0.3, 0.4) is 0 Å². The number of phenols is 1. The Morgan fingerprint density at radius 1 is 1.15 bits per heavy atom. The number of carbonyl (C=O) groups is 1. The molecule has 9 heteroatoms. The number of aromatic nitrogens is 1. The Morgan fingerprint density at radius 3 is 2.42 bits per heavy atom. The van der Waals surface area contributed by atoms with Crippen LogP contribution < -0.4 is 11.1 Å². The predicted octanol–water partition coefficient (Wildman–Crippen LogP) is 4.79. The summed E-state index contributed by atoms with van der Waals surface area (Å²) in [5.74, 6) is -0.330. The number of nitrogens with one attached hydrogen (secondary N) is 1. The molecule has 0 saturated carbocycles. The van der Waals surface area contributed by atoms with Crippen LogP contribution in [0.1, 0.15) is 36.6 Å². The molecule has 0 bridgehead atoms. The van der Waals surface area contributed by atoms with Gasteiger partial charge < -0.3 is 16.2 Å². The lowest BCUT2D eigenvalue weighted by Gasteiger charge is -2.19. The molecular weight excluding hydrogens is 458 g/mol. The van der Waals surface area contributed by atoms with E-state index in [4.69, 9.17) is 17.3 Å². The summed E-state index contributed by atoms with van der Waals surface area (Å²) >= 11 is 6.99. The number of halogens is 1. The minimum Gasteiger partial charge on any atom is -0.508 e. The highest BCUT2D eigenvalue weighted by molar-refractivity contribution is 8.00. The summed E-state index contributed by atoms with van der Waals surface area (Å²) in [6, 6.07) is 17.2. The number of nitriles is 2. The van der Waals surface area contributed by atoms with Crippen LogP contribution in [-0.2, 0) is 4.79 Å². The van der Waals surface area contributed by atoms with E-state index < -0.39 is 5.25 Å². The zero-order valence-corrected chi connectivity index (χ0v) is 19.4. The van der Waals surface area contributed by atoms with Crippen molar-refractivity contribution in [3.8, 4) is 29.0 Å². The van der Waals surface area contributed by atoms with Gasteiger partial charge in [-0.25, -0.2) is 4.98 Å². The van der Waals surface area contributed by atoms with Crippen LogP contribution in [0.2, 0.25) is 5.02 Å². The Labute approximate surface area is 200 Å². The van der Waals surface area contributed by atoms with Gasteiger partial charge in [-0.3, -0.25) is 4.79 Å². The maximum absolute atomic E-state index is 12.8. The molecule has 1 aromatic heterocycles. The van der Waals surface area contributed by atoms with Crippen molar-refractivity contribution in [3.63, 3.8) is 0 Å². The van der Waals surface area contributed by atoms with Crippen LogP contribution in [0.4, 0.5) is 5.82 Å². The van der Waals surface area contributed by atoms with Crippen molar-refractivity contribution in [3.05, 3.63) is 70.2 Å². The van der Waals surface area contributed by atoms with Crippen molar-refractivity contribution in [1.29, 1.82) is 10.5 Å². The highest BCUT2D eigenvalue weighted by Gasteiger charge is 2.25. The van der Waals surface area contributed by atoms with Crippen molar-refractivity contribution in [2.45, 2.75) is 30.2 Å². The number of phenolic OH excluding ortho intramolecular Hbond substituents is 1. The fourth-order valence-electron chi connectivity index (χ4n) is 3.22. The zero-order valence-electron chi connectivity index (χ0n) is 17.8. The Kier molecular flexibility index (Phi) is 7.44. The number of nitrogens with zero attached hydrogens (tertiary/aromatic N) is 3. The Bertz CT molecular complexity index is 1280. The minimum absolute atomic E-state index is 0.0196. The van der Waals surface area contributed by atoms with Gasteiger partial charge in [-0.1, -0.05) is 47.6 Å². The zero-order chi connectivity index (χ0) is 24.1. The lowest BCUT2D eigenvalue weighted by atomic mass is 9.97. The van der Waals surface area contributed by atoms with Gasteiger partial charge in [-0.15, -0.1) is 0 Å². The van der Waals surface area contributed by atoms with E-state index >= 15 is 0 Å². The standard InChI is InChI=1S/C24H20ClN5O2S/c1-13(15-6-8-17(25)9-7-15)29-23(32)14(2)33-24-20(12-27)21(19(11-26)22(28)30-24)16-4-3-5-18(31)10-16/h3-10,13-14,31H,1-2H3,(H2,28,30)(H,29,32). The van der Waals surface area contributed by atoms with Gasteiger partial charge in [0.15, 0.2) is 0 Å². The molecule has 0 spiro atoms. The molecule has 1 heterocycles. The first-order chi connectivity index (χ1) is 15.7. The fourth-order valence-corrected chi connectivity index (χ4v) is 4.27. The number of anilines is 1. The van der Waals surface area contributed by atoms with E-state index in [1.807, 2.05) is 25.1 Å². The number of pyridine rings is 1. The second-order valence-electron chi connectivity index (χ2n) is 7.24. The fraction of sp³-hybridized carbons (Fsp3) is 0.167. The van der Waals surface area contributed by atoms with Gasteiger partial charge in [-0.05, 0) is 49.2 Å². The molecule has 1 amide bonds. The molecule has 2 atom stereocenters. The van der Waals surface area contributed by atoms with E-state index in [1.165, 1.54) is 12.1 Å². The first-order valence-corrected chi connectivity index (χ1v) is 11.2. The molecule has 166 valence electrons. The van der Waals surface area contributed by atoms with E-state index in [1.54, 1.807) is 31.2 Å². The monoisotopic (exact) mass is 477 g/mol. The molecule has 0 aliphatic carbocycles. The number of benzene rings is 2. The molecule has 4 N–H and O–H groups in total. The van der Waals surface area contributed by atoms with Gasteiger partial charge in [0.1, 0.15) is 34.3 Å². The van der Waals surface area contributed by atoms with Crippen LogP contribution in [0.5, 0.6) is 5.75 Å². The molecule has 0 saturated heterocycles.